The van der Waals surface area contributed by atoms with Crippen molar-refractivity contribution in [2.75, 3.05) is 17.2 Å². The van der Waals surface area contributed by atoms with Gasteiger partial charge in [-0.25, -0.2) is 4.98 Å². The van der Waals surface area contributed by atoms with Crippen LogP contribution in [0.1, 0.15) is 17.3 Å². The van der Waals surface area contributed by atoms with E-state index in [1.54, 1.807) is 24.3 Å². The second-order valence-electron chi connectivity index (χ2n) is 4.16. The molecule has 1 heterocycles. The molecule has 1 aromatic carbocycles. The van der Waals surface area contributed by atoms with Gasteiger partial charge in [0.05, 0.1) is 15.6 Å². The monoisotopic (exact) mass is 387 g/mol. The molecule has 0 aliphatic heterocycles. The van der Waals surface area contributed by atoms with Crippen LogP contribution in [0.3, 0.4) is 0 Å². The smallest absolute Gasteiger partial charge is 0.257 e. The van der Waals surface area contributed by atoms with Crippen LogP contribution in [0.4, 0.5) is 11.5 Å². The third kappa shape index (κ3) is 4.09. The first kappa shape index (κ1) is 16.1. The Bertz CT molecular complexity index is 679. The number of benzene rings is 1. The summed E-state index contributed by atoms with van der Waals surface area (Å²) in [5.41, 5.74) is 0.975. The average Bonchev–Trinajstić information content (AvgIpc) is 2.45. The van der Waals surface area contributed by atoms with Gasteiger partial charge in [-0.3, -0.25) is 4.79 Å². The van der Waals surface area contributed by atoms with Crippen LogP contribution in [-0.2, 0) is 0 Å². The van der Waals surface area contributed by atoms with Crippen molar-refractivity contribution in [1.82, 2.24) is 4.98 Å². The number of nitrogens with zero attached hydrogens (tertiary/aromatic N) is 1. The fraction of sp³-hybridized carbons (Fsp3) is 0.143. The molecule has 0 atom stereocenters. The second kappa shape index (κ2) is 7.11. The van der Waals surface area contributed by atoms with Crippen LogP contribution in [0.25, 0.3) is 0 Å². The lowest BCUT2D eigenvalue weighted by molar-refractivity contribution is 0.102. The summed E-state index contributed by atoms with van der Waals surface area (Å²) in [7, 11) is 0. The van der Waals surface area contributed by atoms with Crippen LogP contribution < -0.4 is 10.6 Å². The summed E-state index contributed by atoms with van der Waals surface area (Å²) in [6.07, 6.45) is 1.45. The SMILES string of the molecule is CCNc1cc(C(=O)Nc2ccc(Cl)c(Br)c2)c(Cl)cn1. The van der Waals surface area contributed by atoms with Crippen LogP contribution >= 0.6 is 39.1 Å². The van der Waals surface area contributed by atoms with Crippen LogP contribution in [0.5, 0.6) is 0 Å². The van der Waals surface area contributed by atoms with Crippen LogP contribution in [0.2, 0.25) is 10.0 Å². The molecular weight excluding hydrogens is 377 g/mol. The van der Waals surface area contributed by atoms with Crippen molar-refractivity contribution >= 4 is 56.5 Å². The molecule has 0 saturated heterocycles. The lowest BCUT2D eigenvalue weighted by Crippen LogP contribution is -2.13. The molecule has 0 saturated carbocycles. The minimum Gasteiger partial charge on any atom is -0.370 e. The molecular formula is C14H12BrCl2N3O. The van der Waals surface area contributed by atoms with E-state index in [-0.39, 0.29) is 5.91 Å². The average molecular weight is 389 g/mol. The molecule has 2 N–H and O–H groups in total. The minimum atomic E-state index is -0.309. The quantitative estimate of drug-likeness (QED) is 0.788. The number of carbonyl (C=O) groups is 1. The molecule has 4 nitrogen and oxygen atoms in total. The Morgan fingerprint density at radius 1 is 1.29 bits per heavy atom. The van der Waals surface area contributed by atoms with E-state index in [1.165, 1.54) is 6.20 Å². The molecule has 0 fully saturated rings. The van der Waals surface area contributed by atoms with E-state index in [2.05, 4.69) is 31.5 Å². The first-order chi connectivity index (χ1) is 10.0. The highest BCUT2D eigenvalue weighted by atomic mass is 79.9. The molecule has 7 heteroatoms. The normalized spacial score (nSPS) is 10.3. The van der Waals surface area contributed by atoms with E-state index in [0.29, 0.717) is 38.1 Å². The third-order valence-electron chi connectivity index (χ3n) is 2.64. The number of hydrogen-bond acceptors (Lipinski definition) is 3. The van der Waals surface area contributed by atoms with E-state index in [4.69, 9.17) is 23.2 Å². The predicted octanol–water partition coefficient (Wildman–Crippen LogP) is 4.84. The molecule has 0 unspecified atom stereocenters. The van der Waals surface area contributed by atoms with Crippen molar-refractivity contribution in [1.29, 1.82) is 0 Å². The molecule has 1 amide bonds. The number of amides is 1. The topological polar surface area (TPSA) is 54.0 Å². The van der Waals surface area contributed by atoms with Gasteiger partial charge in [-0.15, -0.1) is 0 Å². The molecule has 110 valence electrons. The molecule has 0 bridgehead atoms. The van der Waals surface area contributed by atoms with Gasteiger partial charge in [-0.1, -0.05) is 23.2 Å². The second-order valence-corrected chi connectivity index (χ2v) is 5.83. The van der Waals surface area contributed by atoms with E-state index < -0.39 is 0 Å². The lowest BCUT2D eigenvalue weighted by atomic mass is 10.2. The van der Waals surface area contributed by atoms with Gasteiger partial charge >= 0.3 is 0 Å². The van der Waals surface area contributed by atoms with Gasteiger partial charge in [0.2, 0.25) is 0 Å². The van der Waals surface area contributed by atoms with Gasteiger partial charge in [0.25, 0.3) is 5.91 Å². The van der Waals surface area contributed by atoms with Crippen molar-refractivity contribution in [3.63, 3.8) is 0 Å². The van der Waals surface area contributed by atoms with Crippen LogP contribution in [-0.4, -0.2) is 17.4 Å². The van der Waals surface area contributed by atoms with Gasteiger partial charge < -0.3 is 10.6 Å². The Hall–Kier alpha value is -1.30. The van der Waals surface area contributed by atoms with Gasteiger partial charge in [0.15, 0.2) is 0 Å². The zero-order valence-corrected chi connectivity index (χ0v) is 14.2. The number of rotatable bonds is 4. The Morgan fingerprint density at radius 3 is 2.71 bits per heavy atom. The number of halogens is 3. The third-order valence-corrected chi connectivity index (χ3v) is 4.15. The first-order valence-corrected chi connectivity index (χ1v) is 7.72. The summed E-state index contributed by atoms with van der Waals surface area (Å²) in [5, 5.41) is 6.67. The van der Waals surface area contributed by atoms with E-state index >= 15 is 0 Å². The van der Waals surface area contributed by atoms with Crippen molar-refractivity contribution in [3.05, 3.63) is 50.5 Å². The maximum atomic E-state index is 12.3. The highest BCUT2D eigenvalue weighted by Crippen LogP contribution is 2.26. The molecule has 0 aliphatic rings. The predicted molar refractivity (Wildman–Crippen MR) is 90.5 cm³/mol. The number of pyridine rings is 1. The molecule has 0 aliphatic carbocycles. The maximum Gasteiger partial charge on any atom is 0.257 e. The molecule has 2 rings (SSSR count). The summed E-state index contributed by atoms with van der Waals surface area (Å²) in [6, 6.07) is 6.75. The van der Waals surface area contributed by atoms with Crippen molar-refractivity contribution < 1.29 is 4.79 Å². The Labute approximate surface area is 141 Å². The number of nitrogens with one attached hydrogen (secondary N) is 2. The van der Waals surface area contributed by atoms with Gasteiger partial charge in [-0.05, 0) is 47.1 Å². The summed E-state index contributed by atoms with van der Waals surface area (Å²) in [4.78, 5) is 16.4. The molecule has 21 heavy (non-hydrogen) atoms. The highest BCUT2D eigenvalue weighted by Gasteiger charge is 2.13. The van der Waals surface area contributed by atoms with Crippen molar-refractivity contribution in [2.45, 2.75) is 6.92 Å². The number of carbonyl (C=O) groups excluding carboxylic acids is 1. The van der Waals surface area contributed by atoms with Gasteiger partial charge in [0, 0.05) is 22.9 Å². The summed E-state index contributed by atoms with van der Waals surface area (Å²) in [5.74, 6) is 0.292. The van der Waals surface area contributed by atoms with E-state index in [1.807, 2.05) is 6.92 Å². The summed E-state index contributed by atoms with van der Waals surface area (Å²) >= 11 is 15.3. The van der Waals surface area contributed by atoms with Crippen molar-refractivity contribution in [3.8, 4) is 0 Å². The fourth-order valence-corrected chi connectivity index (χ4v) is 2.35. The van der Waals surface area contributed by atoms with Gasteiger partial charge in [0.1, 0.15) is 5.82 Å². The number of aromatic nitrogens is 1. The van der Waals surface area contributed by atoms with Crippen LogP contribution in [0, 0.1) is 0 Å². The standard InChI is InChI=1S/C14H12BrCl2N3O/c1-2-18-13-6-9(12(17)7-19-13)14(21)20-8-3-4-11(16)10(15)5-8/h3-7H,2H2,1H3,(H,18,19)(H,20,21). The largest absolute Gasteiger partial charge is 0.370 e. The minimum absolute atomic E-state index is 0.294. The maximum absolute atomic E-state index is 12.3. The Balaban J connectivity index is 2.23. The van der Waals surface area contributed by atoms with Crippen molar-refractivity contribution in [2.24, 2.45) is 0 Å². The Morgan fingerprint density at radius 2 is 2.05 bits per heavy atom. The van der Waals surface area contributed by atoms with Gasteiger partial charge in [-0.2, -0.15) is 0 Å². The lowest BCUT2D eigenvalue weighted by Gasteiger charge is -2.09. The molecule has 1 aromatic heterocycles. The first-order valence-electron chi connectivity index (χ1n) is 6.17. The molecule has 2 aromatic rings. The molecule has 0 radical (unpaired) electrons. The zero-order valence-electron chi connectivity index (χ0n) is 11.1. The summed E-state index contributed by atoms with van der Waals surface area (Å²) in [6.45, 7) is 2.65. The Kier molecular flexibility index (Phi) is 5.45. The summed E-state index contributed by atoms with van der Waals surface area (Å²) < 4.78 is 0.705. The number of hydrogen-bond donors (Lipinski definition) is 2. The van der Waals surface area contributed by atoms with E-state index in [0.717, 1.165) is 0 Å². The molecule has 0 spiro atoms. The highest BCUT2D eigenvalue weighted by molar-refractivity contribution is 9.10. The van der Waals surface area contributed by atoms with E-state index in [9.17, 15) is 4.79 Å². The van der Waals surface area contributed by atoms with Crippen LogP contribution in [0.15, 0.2) is 34.9 Å². The fourth-order valence-electron chi connectivity index (χ4n) is 1.66. The zero-order chi connectivity index (χ0) is 15.4. The number of anilines is 2.